The zero-order valence-electron chi connectivity index (χ0n) is 19.9. The molecule has 8 heteroatoms. The van der Waals surface area contributed by atoms with Gasteiger partial charge < -0.3 is 4.90 Å². The Morgan fingerprint density at radius 3 is 2.26 bits per heavy atom. The summed E-state index contributed by atoms with van der Waals surface area (Å²) in [5, 5.41) is 0. The number of rotatable bonds is 9. The van der Waals surface area contributed by atoms with Crippen LogP contribution in [0.5, 0.6) is 0 Å². The molecule has 1 heterocycles. The first-order valence-corrected chi connectivity index (χ1v) is 14.2. The standard InChI is InChI=1S/C27H31FN2O3S2/c1-21-12-17-25(34-21)19-29(18-22-13-15-23(28)16-14-22)27(31)20-30(24-8-4-2-5-9-24)35(32,33)26-10-6-3-7-11-26/h3,6-7,10-17,24H,2,4-5,8-9,18-20H2,1H3. The molecule has 35 heavy (non-hydrogen) atoms. The number of benzene rings is 2. The van der Waals surface area contributed by atoms with Gasteiger partial charge in [0.25, 0.3) is 0 Å². The highest BCUT2D eigenvalue weighted by molar-refractivity contribution is 7.89. The van der Waals surface area contributed by atoms with Gasteiger partial charge in [-0.1, -0.05) is 49.6 Å². The zero-order valence-corrected chi connectivity index (χ0v) is 21.5. The molecule has 1 aliphatic carbocycles. The number of halogens is 1. The van der Waals surface area contributed by atoms with E-state index in [-0.39, 0.29) is 35.8 Å². The quantitative estimate of drug-likeness (QED) is 0.365. The molecule has 1 aliphatic rings. The van der Waals surface area contributed by atoms with E-state index in [0.717, 1.165) is 47.4 Å². The maximum Gasteiger partial charge on any atom is 0.243 e. The minimum atomic E-state index is -3.84. The van der Waals surface area contributed by atoms with Crippen LogP contribution in [0.4, 0.5) is 4.39 Å². The van der Waals surface area contributed by atoms with Gasteiger partial charge in [-0.25, -0.2) is 12.8 Å². The van der Waals surface area contributed by atoms with Gasteiger partial charge in [-0.2, -0.15) is 4.31 Å². The van der Waals surface area contributed by atoms with Gasteiger partial charge >= 0.3 is 0 Å². The highest BCUT2D eigenvalue weighted by Crippen LogP contribution is 2.28. The highest BCUT2D eigenvalue weighted by atomic mass is 32.2. The molecular formula is C27H31FN2O3S2. The van der Waals surface area contributed by atoms with Crippen LogP contribution in [-0.2, 0) is 27.9 Å². The van der Waals surface area contributed by atoms with E-state index < -0.39 is 10.0 Å². The lowest BCUT2D eigenvalue weighted by atomic mass is 9.95. The van der Waals surface area contributed by atoms with Gasteiger partial charge in [0, 0.05) is 22.3 Å². The van der Waals surface area contributed by atoms with Gasteiger partial charge in [0.05, 0.1) is 18.0 Å². The summed E-state index contributed by atoms with van der Waals surface area (Å²) in [6.07, 6.45) is 4.49. The molecule has 5 nitrogen and oxygen atoms in total. The monoisotopic (exact) mass is 514 g/mol. The number of sulfonamides is 1. The number of hydrogen-bond donors (Lipinski definition) is 0. The third-order valence-electron chi connectivity index (χ3n) is 6.40. The maximum atomic E-state index is 13.7. The van der Waals surface area contributed by atoms with Gasteiger partial charge in [-0.3, -0.25) is 4.79 Å². The number of thiophene rings is 1. The van der Waals surface area contributed by atoms with Crippen molar-refractivity contribution in [3.63, 3.8) is 0 Å². The smallest absolute Gasteiger partial charge is 0.243 e. The Bertz CT molecular complexity index is 1220. The maximum absolute atomic E-state index is 13.7. The average molecular weight is 515 g/mol. The van der Waals surface area contributed by atoms with Gasteiger partial charge in [0.1, 0.15) is 5.82 Å². The Balaban J connectivity index is 1.62. The Morgan fingerprint density at radius 1 is 0.943 bits per heavy atom. The van der Waals surface area contributed by atoms with Gasteiger partial charge in [-0.05, 0) is 61.7 Å². The summed E-state index contributed by atoms with van der Waals surface area (Å²) in [5.41, 5.74) is 0.795. The van der Waals surface area contributed by atoms with E-state index in [0.29, 0.717) is 6.54 Å². The SMILES string of the molecule is Cc1ccc(CN(Cc2ccc(F)cc2)C(=O)CN(C2CCCCC2)S(=O)(=O)c2ccccc2)s1. The van der Waals surface area contributed by atoms with E-state index in [2.05, 4.69) is 0 Å². The van der Waals surface area contributed by atoms with E-state index in [1.165, 1.54) is 16.4 Å². The van der Waals surface area contributed by atoms with Crippen LogP contribution in [0.1, 0.15) is 47.4 Å². The predicted octanol–water partition coefficient (Wildman–Crippen LogP) is 5.75. The molecule has 1 amide bonds. The first-order chi connectivity index (χ1) is 16.8. The van der Waals surface area contributed by atoms with E-state index in [9.17, 15) is 17.6 Å². The normalized spacial score (nSPS) is 14.8. The Morgan fingerprint density at radius 2 is 1.63 bits per heavy atom. The van der Waals surface area contributed by atoms with Gasteiger partial charge in [0.15, 0.2) is 0 Å². The molecule has 0 N–H and O–H groups in total. The minimum Gasteiger partial charge on any atom is -0.332 e. The summed E-state index contributed by atoms with van der Waals surface area (Å²) in [6, 6.07) is 18.2. The lowest BCUT2D eigenvalue weighted by Crippen LogP contribution is -2.47. The third kappa shape index (κ3) is 6.57. The Hall–Kier alpha value is -2.55. The van der Waals surface area contributed by atoms with Crippen molar-refractivity contribution in [1.82, 2.24) is 9.21 Å². The van der Waals surface area contributed by atoms with Gasteiger partial charge in [-0.15, -0.1) is 11.3 Å². The van der Waals surface area contributed by atoms with Crippen molar-refractivity contribution in [2.75, 3.05) is 6.54 Å². The fraction of sp³-hybridized carbons (Fsp3) is 0.370. The molecule has 2 aromatic carbocycles. The van der Waals surface area contributed by atoms with Crippen LogP contribution >= 0.6 is 11.3 Å². The molecule has 1 aromatic heterocycles. The van der Waals surface area contributed by atoms with Crippen LogP contribution in [0.25, 0.3) is 0 Å². The number of carbonyl (C=O) groups is 1. The number of aryl methyl sites for hydroxylation is 1. The second kappa shape index (κ2) is 11.5. The van der Waals surface area contributed by atoms with E-state index >= 15 is 0 Å². The first kappa shape index (κ1) is 25.5. The molecule has 0 saturated heterocycles. The molecular weight excluding hydrogens is 483 g/mol. The molecule has 0 atom stereocenters. The van der Waals surface area contributed by atoms with E-state index in [1.54, 1.807) is 58.7 Å². The molecule has 0 radical (unpaired) electrons. The van der Waals surface area contributed by atoms with Crippen molar-refractivity contribution >= 4 is 27.3 Å². The lowest BCUT2D eigenvalue weighted by Gasteiger charge is -2.34. The molecule has 4 rings (SSSR count). The van der Waals surface area contributed by atoms with Crippen molar-refractivity contribution < 1.29 is 17.6 Å². The van der Waals surface area contributed by atoms with Gasteiger partial charge in [0.2, 0.25) is 15.9 Å². The van der Waals surface area contributed by atoms with Crippen LogP contribution in [0.15, 0.2) is 71.6 Å². The molecule has 186 valence electrons. The molecule has 0 bridgehead atoms. The van der Waals surface area contributed by atoms with Crippen molar-refractivity contribution in [3.05, 3.63) is 87.9 Å². The molecule has 3 aromatic rings. The summed E-state index contributed by atoms with van der Waals surface area (Å²) < 4.78 is 42.2. The summed E-state index contributed by atoms with van der Waals surface area (Å²) in [6.45, 7) is 2.45. The van der Waals surface area contributed by atoms with Crippen LogP contribution in [0.2, 0.25) is 0 Å². The zero-order chi connectivity index (χ0) is 24.8. The van der Waals surface area contributed by atoms with Crippen molar-refractivity contribution in [2.45, 2.75) is 63.1 Å². The van der Waals surface area contributed by atoms with Crippen LogP contribution in [0, 0.1) is 12.7 Å². The fourth-order valence-electron chi connectivity index (χ4n) is 4.54. The van der Waals surface area contributed by atoms with Crippen LogP contribution in [-0.4, -0.2) is 36.1 Å². The van der Waals surface area contributed by atoms with Crippen LogP contribution in [0.3, 0.4) is 0 Å². The fourth-order valence-corrected chi connectivity index (χ4v) is 7.10. The Kier molecular flexibility index (Phi) is 8.36. The second-order valence-electron chi connectivity index (χ2n) is 9.04. The number of amides is 1. The highest BCUT2D eigenvalue weighted by Gasteiger charge is 2.35. The largest absolute Gasteiger partial charge is 0.332 e. The summed E-state index contributed by atoms with van der Waals surface area (Å²) in [7, 11) is -3.84. The summed E-state index contributed by atoms with van der Waals surface area (Å²) in [4.78, 5) is 17.8. The Labute approximate surface area is 211 Å². The first-order valence-electron chi connectivity index (χ1n) is 12.0. The number of nitrogens with zero attached hydrogens (tertiary/aromatic N) is 2. The predicted molar refractivity (Wildman–Crippen MR) is 137 cm³/mol. The topological polar surface area (TPSA) is 57.7 Å². The molecule has 1 fully saturated rings. The molecule has 1 saturated carbocycles. The van der Waals surface area contributed by atoms with Crippen molar-refractivity contribution in [2.24, 2.45) is 0 Å². The van der Waals surface area contributed by atoms with E-state index in [1.807, 2.05) is 19.1 Å². The average Bonchev–Trinajstić information content (AvgIpc) is 3.28. The molecule has 0 aliphatic heterocycles. The number of hydrogen-bond acceptors (Lipinski definition) is 4. The number of carbonyl (C=O) groups excluding carboxylic acids is 1. The summed E-state index contributed by atoms with van der Waals surface area (Å²) >= 11 is 1.61. The molecule has 0 unspecified atom stereocenters. The summed E-state index contributed by atoms with van der Waals surface area (Å²) in [5.74, 6) is -0.594. The third-order valence-corrected chi connectivity index (χ3v) is 9.30. The van der Waals surface area contributed by atoms with E-state index in [4.69, 9.17) is 0 Å². The van der Waals surface area contributed by atoms with Crippen molar-refractivity contribution in [1.29, 1.82) is 0 Å². The minimum absolute atomic E-state index is 0.199. The lowest BCUT2D eigenvalue weighted by molar-refractivity contribution is -0.133. The second-order valence-corrected chi connectivity index (χ2v) is 12.3. The van der Waals surface area contributed by atoms with Crippen LogP contribution < -0.4 is 0 Å². The molecule has 0 spiro atoms. The van der Waals surface area contributed by atoms with Crippen molar-refractivity contribution in [3.8, 4) is 0 Å².